The lowest BCUT2D eigenvalue weighted by Gasteiger charge is -2.52. The fraction of sp³-hybridized carbons (Fsp3) is 0.600. The van der Waals surface area contributed by atoms with Crippen molar-refractivity contribution < 1.29 is 38.8 Å². The highest BCUT2D eigenvalue weighted by Crippen LogP contribution is 2.55. The summed E-state index contributed by atoms with van der Waals surface area (Å²) >= 11 is 0. The zero-order valence-corrected chi connectivity index (χ0v) is 23.9. The smallest absolute Gasteiger partial charge is 0.251 e. The summed E-state index contributed by atoms with van der Waals surface area (Å²) in [6.45, 7) is 3.79. The van der Waals surface area contributed by atoms with Crippen LogP contribution in [0.25, 0.3) is 0 Å². The molecule has 4 aliphatic rings. The first-order valence-corrected chi connectivity index (χ1v) is 14.2. The lowest BCUT2D eigenvalue weighted by Crippen LogP contribution is -2.59. The second-order valence-corrected chi connectivity index (χ2v) is 12.5. The topological polar surface area (TPSA) is 148 Å². The fourth-order valence-electron chi connectivity index (χ4n) is 7.82. The average molecular weight is 576 g/mol. The molecule has 224 valence electrons. The summed E-state index contributed by atoms with van der Waals surface area (Å²) in [7, 11) is 3.43. The Labute approximate surface area is 237 Å². The summed E-state index contributed by atoms with van der Waals surface area (Å²) in [5.74, 6) is -7.31. The Morgan fingerprint density at radius 1 is 1.15 bits per heavy atom. The predicted octanol–water partition coefficient (Wildman–Crippen LogP) is 2.98. The van der Waals surface area contributed by atoms with Crippen molar-refractivity contribution in [3.05, 3.63) is 51.0 Å². The molecule has 0 saturated carbocycles. The Morgan fingerprint density at radius 2 is 1.78 bits per heavy atom. The predicted molar refractivity (Wildman–Crippen MR) is 147 cm³/mol. The lowest BCUT2D eigenvalue weighted by molar-refractivity contribution is -0.120. The second-order valence-electron chi connectivity index (χ2n) is 12.5. The molecule has 41 heavy (non-hydrogen) atoms. The highest BCUT2D eigenvalue weighted by molar-refractivity contribution is 6.14. The number of aliphatic hydroxyl groups is 3. The van der Waals surface area contributed by atoms with Crippen molar-refractivity contribution in [3.8, 4) is 5.75 Å². The summed E-state index contributed by atoms with van der Waals surface area (Å²) in [6, 6.07) is 1.11. The maximum Gasteiger partial charge on any atom is 0.251 e. The van der Waals surface area contributed by atoms with Crippen LogP contribution in [0.2, 0.25) is 0 Å². The van der Waals surface area contributed by atoms with Gasteiger partial charge in [-0.1, -0.05) is 13.0 Å². The quantitative estimate of drug-likeness (QED) is 0.360. The van der Waals surface area contributed by atoms with Gasteiger partial charge in [-0.05, 0) is 63.2 Å². The molecule has 1 aromatic rings. The maximum atomic E-state index is 14.1. The van der Waals surface area contributed by atoms with E-state index in [0.29, 0.717) is 30.4 Å². The molecule has 1 saturated heterocycles. The number of ketones is 1. The van der Waals surface area contributed by atoms with E-state index in [1.807, 2.05) is 17.9 Å². The first-order chi connectivity index (χ1) is 19.1. The number of nitrogens with zero attached hydrogens (tertiary/aromatic N) is 2. The molecule has 0 bridgehead atoms. The third kappa shape index (κ3) is 4.62. The van der Waals surface area contributed by atoms with E-state index in [9.17, 15) is 38.8 Å². The fourth-order valence-corrected chi connectivity index (χ4v) is 7.82. The average Bonchev–Trinajstić information content (AvgIpc) is 2.85. The molecule has 5 rings (SSSR count). The molecule has 0 spiro atoms. The first kappa shape index (κ1) is 29.5. The van der Waals surface area contributed by atoms with Crippen LogP contribution >= 0.6 is 0 Å². The molecule has 5 atom stereocenters. The van der Waals surface area contributed by atoms with E-state index in [1.165, 1.54) is 6.92 Å². The summed E-state index contributed by atoms with van der Waals surface area (Å²) < 4.78 is 27.4. The number of aromatic hydroxyl groups is 1. The number of nitrogens with two attached hydrogens (primary N) is 1. The van der Waals surface area contributed by atoms with Crippen LogP contribution in [0.1, 0.15) is 60.2 Å². The van der Waals surface area contributed by atoms with Crippen LogP contribution < -0.4 is 5.73 Å². The van der Waals surface area contributed by atoms with Gasteiger partial charge >= 0.3 is 0 Å². The number of hydrogen-bond acceptors (Lipinski definition) is 8. The molecule has 9 nitrogen and oxygen atoms in total. The number of likely N-dealkylation sites (tertiary alicyclic amines) is 1. The molecule has 1 amide bonds. The zero-order valence-electron chi connectivity index (χ0n) is 23.9. The van der Waals surface area contributed by atoms with Gasteiger partial charge in [-0.3, -0.25) is 19.4 Å². The van der Waals surface area contributed by atoms with Gasteiger partial charge in [0, 0.05) is 43.6 Å². The Kier molecular flexibility index (Phi) is 7.23. The number of allylic oxidation sites excluding steroid dienone is 1. The van der Waals surface area contributed by atoms with E-state index in [4.69, 9.17) is 5.73 Å². The summed E-state index contributed by atoms with van der Waals surface area (Å²) in [4.78, 5) is 30.0. The van der Waals surface area contributed by atoms with Crippen LogP contribution in [-0.2, 0) is 24.2 Å². The number of hydrogen-bond donors (Lipinski definition) is 5. The molecule has 0 aromatic heterocycles. The zero-order chi connectivity index (χ0) is 30.2. The molecule has 1 aromatic carbocycles. The highest BCUT2D eigenvalue weighted by atomic mass is 19.3. The highest BCUT2D eigenvalue weighted by Gasteiger charge is 2.59. The lowest BCUT2D eigenvalue weighted by atomic mass is 9.56. The number of piperidine rings is 1. The molecule has 4 unspecified atom stereocenters. The van der Waals surface area contributed by atoms with E-state index in [2.05, 4.69) is 0 Å². The monoisotopic (exact) mass is 575 g/mol. The molecule has 6 N–H and O–H groups in total. The number of carbonyl (C=O) groups excluding carboxylic acids is 2. The van der Waals surface area contributed by atoms with Crippen LogP contribution in [0.15, 0.2) is 28.7 Å². The third-order valence-electron chi connectivity index (χ3n) is 9.68. The Balaban J connectivity index is 1.60. The van der Waals surface area contributed by atoms with E-state index in [-0.39, 0.29) is 60.9 Å². The number of carbonyl (C=O) groups is 2. The molecule has 11 heteroatoms. The van der Waals surface area contributed by atoms with Crippen molar-refractivity contribution in [2.24, 2.45) is 23.5 Å². The van der Waals surface area contributed by atoms with E-state index in [0.717, 1.165) is 5.56 Å². The van der Waals surface area contributed by atoms with Crippen LogP contribution in [0.4, 0.5) is 8.78 Å². The molecule has 1 fully saturated rings. The number of amides is 1. The number of aryl methyl sites for hydroxylation is 1. The van der Waals surface area contributed by atoms with Gasteiger partial charge in [-0.25, -0.2) is 8.78 Å². The van der Waals surface area contributed by atoms with E-state index < -0.39 is 52.6 Å². The van der Waals surface area contributed by atoms with Crippen molar-refractivity contribution in [2.45, 2.75) is 70.1 Å². The number of alkyl halides is 2. The Bertz CT molecular complexity index is 1360. The Morgan fingerprint density at radius 3 is 2.34 bits per heavy atom. The molecular weight excluding hydrogens is 536 g/mol. The molecular formula is C30H39F2N3O6. The van der Waals surface area contributed by atoms with Crippen molar-refractivity contribution in [2.75, 3.05) is 27.2 Å². The van der Waals surface area contributed by atoms with Gasteiger partial charge in [-0.2, -0.15) is 0 Å². The molecule has 1 aliphatic heterocycles. The normalized spacial score (nSPS) is 31.7. The first-order valence-electron chi connectivity index (χ1n) is 14.2. The number of primary amides is 1. The van der Waals surface area contributed by atoms with Crippen molar-refractivity contribution in [3.63, 3.8) is 0 Å². The number of benzene rings is 1. The third-order valence-corrected chi connectivity index (χ3v) is 9.68. The van der Waals surface area contributed by atoms with Crippen molar-refractivity contribution in [1.29, 1.82) is 0 Å². The number of fused-ring (bicyclic) bond motifs is 3. The number of phenols is 1. The summed E-state index contributed by atoms with van der Waals surface area (Å²) in [5, 5.41) is 45.7. The standard InChI is InChI=1S/C30H39F2N3O6/c1-5-14-10-16(13-35-8-6-30(31,32)7-9-35)24(36)20-17(14)11-15-12-18-21(26(38)19(15)25(20)37)29(2,41)22(28(33)40)27(39)23(18)34(3)4/h10,15,18,21,23,36,38-39,41H,5-9,11-13H2,1-4H3,(H2,33,40)/t15?,18?,21?,23-,29?/m1/s1. The van der Waals surface area contributed by atoms with Gasteiger partial charge in [0.25, 0.3) is 11.8 Å². The van der Waals surface area contributed by atoms with Gasteiger partial charge in [0.15, 0.2) is 5.78 Å². The Hall–Kier alpha value is -3.02. The van der Waals surface area contributed by atoms with Gasteiger partial charge < -0.3 is 26.2 Å². The van der Waals surface area contributed by atoms with Crippen LogP contribution in [0, 0.1) is 17.8 Å². The van der Waals surface area contributed by atoms with E-state index >= 15 is 0 Å². The molecule has 0 radical (unpaired) electrons. The molecule has 1 heterocycles. The van der Waals surface area contributed by atoms with Crippen LogP contribution in [-0.4, -0.2) is 86.7 Å². The van der Waals surface area contributed by atoms with Gasteiger partial charge in [0.1, 0.15) is 22.9 Å². The summed E-state index contributed by atoms with van der Waals surface area (Å²) in [5.41, 5.74) is 5.29. The second kappa shape index (κ2) is 10.1. The molecule has 3 aliphatic carbocycles. The SMILES string of the molecule is CCc1cc(CN2CCC(F)(F)CC2)c(O)c2c1CC1CC3C(C(O)=C1C2=O)C(C)(O)C(C(N)=O)=C(O)[C@@H]3N(C)C. The number of phenolic OH excluding ortho intramolecular Hbond substituents is 1. The number of likely N-dealkylation sites (N-methyl/N-ethyl adjacent to an activating group) is 1. The van der Waals surface area contributed by atoms with Gasteiger partial charge in [-0.15, -0.1) is 0 Å². The summed E-state index contributed by atoms with van der Waals surface area (Å²) in [6.07, 6.45) is 0.720. The minimum atomic E-state index is -2.71. The number of aliphatic hydroxyl groups excluding tert-OH is 2. The van der Waals surface area contributed by atoms with E-state index in [1.54, 1.807) is 19.0 Å². The van der Waals surface area contributed by atoms with Crippen LogP contribution in [0.5, 0.6) is 5.75 Å². The largest absolute Gasteiger partial charge is 0.511 e. The number of Topliss-reactive ketones (excluding diaryl/α,β-unsaturated/α-hetero) is 1. The number of halogens is 2. The number of rotatable bonds is 5. The van der Waals surface area contributed by atoms with Crippen LogP contribution in [0.3, 0.4) is 0 Å². The van der Waals surface area contributed by atoms with Crippen molar-refractivity contribution >= 4 is 11.7 Å². The minimum absolute atomic E-state index is 0.0776. The van der Waals surface area contributed by atoms with Gasteiger partial charge in [0.2, 0.25) is 0 Å². The van der Waals surface area contributed by atoms with Crippen molar-refractivity contribution in [1.82, 2.24) is 9.80 Å². The minimum Gasteiger partial charge on any atom is -0.511 e. The van der Waals surface area contributed by atoms with Gasteiger partial charge in [0.05, 0.1) is 23.1 Å². The maximum absolute atomic E-state index is 14.1.